The summed E-state index contributed by atoms with van der Waals surface area (Å²) in [7, 11) is 1.62. The maximum Gasteiger partial charge on any atom is 0.228 e. The van der Waals surface area contributed by atoms with E-state index in [4.69, 9.17) is 4.74 Å². The summed E-state index contributed by atoms with van der Waals surface area (Å²) < 4.78 is 6.07. The van der Waals surface area contributed by atoms with Crippen molar-refractivity contribution in [1.29, 1.82) is 0 Å². The van der Waals surface area contributed by atoms with Crippen molar-refractivity contribution < 1.29 is 9.53 Å². The fourth-order valence-electron chi connectivity index (χ4n) is 2.36. The number of halogens is 1. The lowest BCUT2D eigenvalue weighted by Crippen LogP contribution is -2.14. The lowest BCUT2D eigenvalue weighted by molar-refractivity contribution is -0.115. The predicted molar refractivity (Wildman–Crippen MR) is 94.8 cm³/mol. The van der Waals surface area contributed by atoms with Gasteiger partial charge in [0.1, 0.15) is 5.75 Å². The average molecular weight is 371 g/mol. The third-order valence-electron chi connectivity index (χ3n) is 3.51. The summed E-state index contributed by atoms with van der Waals surface area (Å²) in [5.41, 5.74) is 2.41. The van der Waals surface area contributed by atoms with Crippen LogP contribution in [0, 0.1) is 0 Å². The quantitative estimate of drug-likeness (QED) is 0.748. The van der Waals surface area contributed by atoms with Crippen molar-refractivity contribution >= 4 is 38.4 Å². The minimum atomic E-state index is -0.0792. The number of aromatic nitrogens is 1. The molecule has 1 aromatic heterocycles. The minimum absolute atomic E-state index is 0.0792. The standard InChI is InChI=1S/C18H15BrN2O2/c1-23-13-6-4-12(5-7-13)11-17(22)21-16-9-8-15(19)14-3-2-10-20-18(14)16/h2-10H,11H2,1H3,(H,21,22). The number of carbonyl (C=O) groups excluding carboxylic acids is 1. The second-order valence-electron chi connectivity index (χ2n) is 5.07. The van der Waals surface area contributed by atoms with Gasteiger partial charge in [-0.05, 0) is 35.9 Å². The van der Waals surface area contributed by atoms with E-state index in [2.05, 4.69) is 26.2 Å². The van der Waals surface area contributed by atoms with E-state index in [0.717, 1.165) is 26.7 Å². The number of carbonyl (C=O) groups is 1. The van der Waals surface area contributed by atoms with Gasteiger partial charge in [0.05, 0.1) is 24.7 Å². The van der Waals surface area contributed by atoms with Crippen LogP contribution in [-0.2, 0) is 11.2 Å². The van der Waals surface area contributed by atoms with Gasteiger partial charge in [0.25, 0.3) is 0 Å². The highest BCUT2D eigenvalue weighted by molar-refractivity contribution is 9.10. The number of ether oxygens (including phenoxy) is 1. The number of methoxy groups -OCH3 is 1. The van der Waals surface area contributed by atoms with Gasteiger partial charge in [0.2, 0.25) is 5.91 Å². The second-order valence-corrected chi connectivity index (χ2v) is 5.92. The Morgan fingerprint density at radius 3 is 2.70 bits per heavy atom. The van der Waals surface area contributed by atoms with Crippen LogP contribution in [-0.4, -0.2) is 18.0 Å². The van der Waals surface area contributed by atoms with Crippen LogP contribution in [0.4, 0.5) is 5.69 Å². The van der Waals surface area contributed by atoms with Crippen molar-refractivity contribution in [3.05, 3.63) is 64.8 Å². The lowest BCUT2D eigenvalue weighted by Gasteiger charge is -2.09. The zero-order valence-electron chi connectivity index (χ0n) is 12.5. The van der Waals surface area contributed by atoms with E-state index >= 15 is 0 Å². The van der Waals surface area contributed by atoms with Gasteiger partial charge in [-0.1, -0.05) is 34.1 Å². The van der Waals surface area contributed by atoms with Crippen LogP contribution in [0.2, 0.25) is 0 Å². The second kappa shape index (κ2) is 6.79. The summed E-state index contributed by atoms with van der Waals surface area (Å²) in [4.78, 5) is 16.6. The number of hydrogen-bond donors (Lipinski definition) is 1. The molecule has 3 rings (SSSR count). The molecule has 0 radical (unpaired) electrons. The zero-order chi connectivity index (χ0) is 16.2. The van der Waals surface area contributed by atoms with Crippen LogP contribution < -0.4 is 10.1 Å². The minimum Gasteiger partial charge on any atom is -0.497 e. The topological polar surface area (TPSA) is 51.2 Å². The summed E-state index contributed by atoms with van der Waals surface area (Å²) in [6.45, 7) is 0. The van der Waals surface area contributed by atoms with E-state index in [1.165, 1.54) is 0 Å². The third-order valence-corrected chi connectivity index (χ3v) is 4.21. The normalized spacial score (nSPS) is 10.5. The molecule has 5 heteroatoms. The monoisotopic (exact) mass is 370 g/mol. The first-order valence-corrected chi connectivity index (χ1v) is 7.92. The Hall–Kier alpha value is -2.40. The van der Waals surface area contributed by atoms with E-state index in [1.807, 2.05) is 48.5 Å². The van der Waals surface area contributed by atoms with Crippen LogP contribution >= 0.6 is 15.9 Å². The average Bonchev–Trinajstić information content (AvgIpc) is 2.58. The van der Waals surface area contributed by atoms with Crippen LogP contribution in [0.1, 0.15) is 5.56 Å². The van der Waals surface area contributed by atoms with Gasteiger partial charge in [-0.3, -0.25) is 9.78 Å². The van der Waals surface area contributed by atoms with Crippen molar-refractivity contribution in [2.24, 2.45) is 0 Å². The molecule has 0 fully saturated rings. The molecular weight excluding hydrogens is 356 g/mol. The molecular formula is C18H15BrN2O2. The molecule has 116 valence electrons. The smallest absolute Gasteiger partial charge is 0.228 e. The number of rotatable bonds is 4. The Kier molecular flexibility index (Phi) is 4.57. The summed E-state index contributed by atoms with van der Waals surface area (Å²) in [6, 6.07) is 15.1. The first-order chi connectivity index (χ1) is 11.2. The molecule has 0 aliphatic heterocycles. The van der Waals surface area contributed by atoms with Crippen LogP contribution in [0.15, 0.2) is 59.2 Å². The highest BCUT2D eigenvalue weighted by atomic mass is 79.9. The van der Waals surface area contributed by atoms with E-state index in [0.29, 0.717) is 12.1 Å². The Morgan fingerprint density at radius 1 is 1.17 bits per heavy atom. The Labute approximate surface area is 142 Å². The molecule has 0 saturated heterocycles. The maximum absolute atomic E-state index is 12.3. The van der Waals surface area contributed by atoms with Gasteiger partial charge in [-0.2, -0.15) is 0 Å². The van der Waals surface area contributed by atoms with E-state index in [9.17, 15) is 4.79 Å². The molecule has 1 N–H and O–H groups in total. The Balaban J connectivity index is 1.79. The third kappa shape index (κ3) is 3.51. The fraction of sp³-hybridized carbons (Fsp3) is 0.111. The van der Waals surface area contributed by atoms with Gasteiger partial charge < -0.3 is 10.1 Å². The van der Waals surface area contributed by atoms with Crippen LogP contribution in [0.3, 0.4) is 0 Å². The van der Waals surface area contributed by atoms with Crippen molar-refractivity contribution in [3.63, 3.8) is 0 Å². The molecule has 0 bridgehead atoms. The van der Waals surface area contributed by atoms with Gasteiger partial charge in [0.15, 0.2) is 0 Å². The first kappa shape index (κ1) is 15.5. The SMILES string of the molecule is COc1ccc(CC(=O)Nc2ccc(Br)c3cccnc23)cc1. The number of hydrogen-bond acceptors (Lipinski definition) is 3. The first-order valence-electron chi connectivity index (χ1n) is 7.13. The highest BCUT2D eigenvalue weighted by Crippen LogP contribution is 2.28. The van der Waals surface area contributed by atoms with Crippen molar-refractivity contribution in [2.75, 3.05) is 12.4 Å². The van der Waals surface area contributed by atoms with Crippen LogP contribution in [0.5, 0.6) is 5.75 Å². The summed E-state index contributed by atoms with van der Waals surface area (Å²) in [5, 5.41) is 3.90. The highest BCUT2D eigenvalue weighted by Gasteiger charge is 2.09. The molecule has 0 aliphatic rings. The number of amides is 1. The summed E-state index contributed by atoms with van der Waals surface area (Å²) in [5.74, 6) is 0.696. The summed E-state index contributed by atoms with van der Waals surface area (Å²) in [6.07, 6.45) is 2.02. The van der Waals surface area contributed by atoms with Gasteiger partial charge in [-0.15, -0.1) is 0 Å². The zero-order valence-corrected chi connectivity index (χ0v) is 14.1. The molecule has 0 saturated carbocycles. The molecule has 23 heavy (non-hydrogen) atoms. The molecule has 1 amide bonds. The molecule has 0 unspecified atom stereocenters. The Morgan fingerprint density at radius 2 is 1.96 bits per heavy atom. The lowest BCUT2D eigenvalue weighted by atomic mass is 10.1. The number of nitrogens with zero attached hydrogens (tertiary/aromatic N) is 1. The maximum atomic E-state index is 12.3. The van der Waals surface area contributed by atoms with E-state index in [-0.39, 0.29) is 5.91 Å². The number of pyridine rings is 1. The predicted octanol–water partition coefficient (Wildman–Crippen LogP) is 4.19. The molecule has 4 nitrogen and oxygen atoms in total. The van der Waals surface area contributed by atoms with Crippen molar-refractivity contribution in [2.45, 2.75) is 6.42 Å². The van der Waals surface area contributed by atoms with E-state index < -0.39 is 0 Å². The van der Waals surface area contributed by atoms with Crippen LogP contribution in [0.25, 0.3) is 10.9 Å². The molecule has 0 spiro atoms. The fourth-order valence-corrected chi connectivity index (χ4v) is 2.81. The number of fused-ring (bicyclic) bond motifs is 1. The summed E-state index contributed by atoms with van der Waals surface area (Å²) >= 11 is 3.50. The van der Waals surface area contributed by atoms with Crippen molar-refractivity contribution in [3.8, 4) is 5.75 Å². The Bertz CT molecular complexity index is 847. The number of anilines is 1. The van der Waals surface area contributed by atoms with E-state index in [1.54, 1.807) is 13.3 Å². The number of nitrogens with one attached hydrogen (secondary N) is 1. The van der Waals surface area contributed by atoms with Gasteiger partial charge in [0, 0.05) is 16.1 Å². The number of benzene rings is 2. The molecule has 0 aliphatic carbocycles. The van der Waals surface area contributed by atoms with Crippen molar-refractivity contribution in [1.82, 2.24) is 4.98 Å². The molecule has 1 heterocycles. The molecule has 3 aromatic rings. The van der Waals surface area contributed by atoms with Gasteiger partial charge in [-0.25, -0.2) is 0 Å². The largest absolute Gasteiger partial charge is 0.497 e. The molecule has 0 atom stereocenters. The van der Waals surface area contributed by atoms with Gasteiger partial charge >= 0.3 is 0 Å². The molecule has 2 aromatic carbocycles.